The fraction of sp³-hybridized carbons (Fsp3) is 0.571. The summed E-state index contributed by atoms with van der Waals surface area (Å²) in [7, 11) is 3.24. The first-order valence-corrected chi connectivity index (χ1v) is 6.82. The molecule has 0 bridgehead atoms. The fourth-order valence-electron chi connectivity index (χ4n) is 2.13. The molecule has 0 radical (unpaired) electrons. The Bertz CT molecular complexity index is 414. The number of halogens is 1. The highest BCUT2D eigenvalue weighted by atomic mass is 79.9. The van der Waals surface area contributed by atoms with E-state index in [0.29, 0.717) is 23.8 Å². The Labute approximate surface area is 117 Å². The summed E-state index contributed by atoms with van der Waals surface area (Å²) in [6, 6.07) is 1.95. The lowest BCUT2D eigenvalue weighted by atomic mass is 9.93. The summed E-state index contributed by atoms with van der Waals surface area (Å²) in [6.45, 7) is 6.03. The first-order valence-electron chi connectivity index (χ1n) is 6.03. The number of aliphatic hydroxyl groups is 1. The number of hydrogen-bond acceptors (Lipinski definition) is 3. The Kier molecular flexibility index (Phi) is 5.47. The third-order valence-corrected chi connectivity index (χ3v) is 3.61. The average molecular weight is 317 g/mol. The largest absolute Gasteiger partial charge is 0.493 e. The van der Waals surface area contributed by atoms with Crippen LogP contribution < -0.4 is 9.47 Å². The minimum Gasteiger partial charge on any atom is -0.493 e. The van der Waals surface area contributed by atoms with Crippen molar-refractivity contribution < 1.29 is 14.6 Å². The smallest absolute Gasteiger partial charge is 0.175 e. The molecule has 0 aliphatic heterocycles. The highest BCUT2D eigenvalue weighted by molar-refractivity contribution is 9.10. The van der Waals surface area contributed by atoms with Crippen molar-refractivity contribution in [3.63, 3.8) is 0 Å². The first kappa shape index (κ1) is 15.3. The van der Waals surface area contributed by atoms with Crippen LogP contribution >= 0.6 is 15.9 Å². The fourth-order valence-corrected chi connectivity index (χ4v) is 3.20. The molecule has 18 heavy (non-hydrogen) atoms. The molecule has 1 N–H and O–H groups in total. The van der Waals surface area contributed by atoms with Crippen LogP contribution in [0.5, 0.6) is 11.5 Å². The van der Waals surface area contributed by atoms with Gasteiger partial charge in [0.2, 0.25) is 0 Å². The molecule has 102 valence electrons. The second kappa shape index (κ2) is 6.43. The van der Waals surface area contributed by atoms with Crippen LogP contribution in [0, 0.1) is 0 Å². The molecule has 0 aliphatic rings. The van der Waals surface area contributed by atoms with Crippen molar-refractivity contribution in [1.29, 1.82) is 0 Å². The lowest BCUT2D eigenvalue weighted by Gasteiger charge is -2.20. The first-order chi connectivity index (χ1) is 8.42. The summed E-state index contributed by atoms with van der Waals surface area (Å²) < 4.78 is 11.6. The van der Waals surface area contributed by atoms with Crippen LogP contribution in [0.4, 0.5) is 0 Å². The van der Waals surface area contributed by atoms with E-state index in [9.17, 15) is 5.11 Å². The molecule has 3 nitrogen and oxygen atoms in total. The van der Waals surface area contributed by atoms with Crippen molar-refractivity contribution in [1.82, 2.24) is 0 Å². The Morgan fingerprint density at radius 1 is 1.22 bits per heavy atom. The summed E-state index contributed by atoms with van der Waals surface area (Å²) in [4.78, 5) is 0. The van der Waals surface area contributed by atoms with Crippen molar-refractivity contribution in [2.75, 3.05) is 14.2 Å². The Balaban J connectivity index is 3.44. The minimum absolute atomic E-state index is 0.341. The maximum absolute atomic E-state index is 9.61. The monoisotopic (exact) mass is 316 g/mol. The zero-order valence-corrected chi connectivity index (χ0v) is 13.2. The molecule has 1 aromatic rings. The molecule has 0 saturated carbocycles. The van der Waals surface area contributed by atoms with Crippen molar-refractivity contribution in [3.8, 4) is 11.5 Å². The van der Waals surface area contributed by atoms with E-state index in [1.165, 1.54) is 0 Å². The number of hydrogen-bond donors (Lipinski definition) is 1. The second-order valence-corrected chi connectivity index (χ2v) is 5.50. The summed E-state index contributed by atoms with van der Waals surface area (Å²) in [6.07, 6.45) is 0.222. The van der Waals surface area contributed by atoms with Crippen LogP contribution in [-0.4, -0.2) is 25.4 Å². The van der Waals surface area contributed by atoms with E-state index in [1.54, 1.807) is 21.1 Å². The van der Waals surface area contributed by atoms with Crippen LogP contribution in [0.1, 0.15) is 37.8 Å². The molecule has 0 aromatic heterocycles. The molecule has 4 heteroatoms. The van der Waals surface area contributed by atoms with E-state index in [0.717, 1.165) is 15.6 Å². The summed E-state index contributed by atoms with van der Waals surface area (Å²) in [5.74, 6) is 1.73. The Hall–Kier alpha value is -0.740. The number of methoxy groups -OCH3 is 2. The third-order valence-electron chi connectivity index (χ3n) is 2.83. The standard InChI is InChI=1S/C14H21BrO3/c1-8(2)12-10(6-9(3)16)7-11(17-4)14(18-5)13(12)15/h7-9,16H,6H2,1-5H3. The van der Waals surface area contributed by atoms with Gasteiger partial charge in [-0.15, -0.1) is 0 Å². The zero-order valence-electron chi connectivity index (χ0n) is 11.6. The molecule has 0 saturated heterocycles. The number of ether oxygens (including phenoxy) is 2. The summed E-state index contributed by atoms with van der Waals surface area (Å²) in [5.41, 5.74) is 2.25. The molecule has 0 spiro atoms. The van der Waals surface area contributed by atoms with Crippen molar-refractivity contribution in [2.24, 2.45) is 0 Å². The second-order valence-electron chi connectivity index (χ2n) is 4.71. The van der Waals surface area contributed by atoms with Gasteiger partial charge in [-0.1, -0.05) is 13.8 Å². The van der Waals surface area contributed by atoms with Gasteiger partial charge in [0, 0.05) is 0 Å². The van der Waals surface area contributed by atoms with Gasteiger partial charge in [0.1, 0.15) is 0 Å². The molecule has 1 rings (SSSR count). The minimum atomic E-state index is -0.382. The third kappa shape index (κ3) is 3.18. The molecule has 0 aliphatic carbocycles. The van der Waals surface area contributed by atoms with E-state index in [4.69, 9.17) is 9.47 Å². The lowest BCUT2D eigenvalue weighted by Crippen LogP contribution is -2.09. The molecule has 0 amide bonds. The summed E-state index contributed by atoms with van der Waals surface area (Å²) in [5, 5.41) is 9.61. The van der Waals surface area contributed by atoms with Crippen molar-refractivity contribution in [2.45, 2.75) is 39.2 Å². The Morgan fingerprint density at radius 3 is 2.22 bits per heavy atom. The topological polar surface area (TPSA) is 38.7 Å². The molecule has 1 atom stereocenters. The van der Waals surface area contributed by atoms with Crippen LogP contribution in [0.3, 0.4) is 0 Å². The van der Waals surface area contributed by atoms with E-state index < -0.39 is 0 Å². The lowest BCUT2D eigenvalue weighted by molar-refractivity contribution is 0.195. The molecule has 0 fully saturated rings. The molecule has 1 unspecified atom stereocenters. The normalized spacial score (nSPS) is 12.7. The van der Waals surface area contributed by atoms with Crippen LogP contribution in [0.25, 0.3) is 0 Å². The van der Waals surface area contributed by atoms with Gasteiger partial charge in [0.15, 0.2) is 11.5 Å². The van der Waals surface area contributed by atoms with Gasteiger partial charge in [0.25, 0.3) is 0 Å². The van der Waals surface area contributed by atoms with Crippen molar-refractivity contribution >= 4 is 15.9 Å². The number of benzene rings is 1. The van der Waals surface area contributed by atoms with Gasteiger partial charge in [-0.3, -0.25) is 0 Å². The predicted octanol–water partition coefficient (Wildman–Crippen LogP) is 3.51. The van der Waals surface area contributed by atoms with E-state index in [1.807, 2.05) is 6.07 Å². The van der Waals surface area contributed by atoms with Gasteiger partial charge < -0.3 is 14.6 Å². The van der Waals surface area contributed by atoms with Crippen LogP contribution in [-0.2, 0) is 6.42 Å². The van der Waals surface area contributed by atoms with E-state index in [-0.39, 0.29) is 6.10 Å². The number of rotatable bonds is 5. The number of aliphatic hydroxyl groups excluding tert-OH is 1. The molecular weight excluding hydrogens is 296 g/mol. The van der Waals surface area contributed by atoms with Gasteiger partial charge >= 0.3 is 0 Å². The van der Waals surface area contributed by atoms with Gasteiger partial charge in [0.05, 0.1) is 24.8 Å². The molecule has 1 aromatic carbocycles. The average Bonchev–Trinajstić information content (AvgIpc) is 2.26. The molecule has 0 heterocycles. The SMILES string of the molecule is COc1cc(CC(C)O)c(C(C)C)c(Br)c1OC. The molecular formula is C14H21BrO3. The van der Waals surface area contributed by atoms with Gasteiger partial charge in [-0.25, -0.2) is 0 Å². The van der Waals surface area contributed by atoms with E-state index in [2.05, 4.69) is 29.8 Å². The Morgan fingerprint density at radius 2 is 1.83 bits per heavy atom. The van der Waals surface area contributed by atoms with E-state index >= 15 is 0 Å². The predicted molar refractivity (Wildman–Crippen MR) is 76.7 cm³/mol. The maximum Gasteiger partial charge on any atom is 0.175 e. The highest BCUT2D eigenvalue weighted by Gasteiger charge is 2.20. The maximum atomic E-state index is 9.61. The highest BCUT2D eigenvalue weighted by Crippen LogP contribution is 2.42. The van der Waals surface area contributed by atoms with Gasteiger partial charge in [-0.05, 0) is 52.4 Å². The quantitative estimate of drug-likeness (QED) is 0.903. The summed E-state index contributed by atoms with van der Waals surface area (Å²) >= 11 is 3.59. The zero-order chi connectivity index (χ0) is 13.9. The van der Waals surface area contributed by atoms with Crippen molar-refractivity contribution in [3.05, 3.63) is 21.7 Å². The van der Waals surface area contributed by atoms with Gasteiger partial charge in [-0.2, -0.15) is 0 Å². The van der Waals surface area contributed by atoms with Crippen LogP contribution in [0.15, 0.2) is 10.5 Å². The van der Waals surface area contributed by atoms with Crippen LogP contribution in [0.2, 0.25) is 0 Å².